The number of hydrogen-bond donors (Lipinski definition) is 3. The first-order valence-corrected chi connectivity index (χ1v) is 10.8. The first kappa shape index (κ1) is 23.3. The van der Waals surface area contributed by atoms with Crippen molar-refractivity contribution >= 4 is 29.2 Å². The van der Waals surface area contributed by atoms with E-state index in [9.17, 15) is 4.79 Å². The minimum absolute atomic E-state index is 0.403. The van der Waals surface area contributed by atoms with E-state index < -0.39 is 12.1 Å². The van der Waals surface area contributed by atoms with Crippen LogP contribution in [0.2, 0.25) is 10.0 Å². The van der Waals surface area contributed by atoms with E-state index in [0.29, 0.717) is 27.6 Å². The molecule has 0 saturated carbocycles. The lowest BCUT2D eigenvalue weighted by Gasteiger charge is -2.32. The van der Waals surface area contributed by atoms with E-state index >= 15 is 0 Å². The fourth-order valence-electron chi connectivity index (χ4n) is 3.94. The van der Waals surface area contributed by atoms with Gasteiger partial charge in [0.2, 0.25) is 0 Å². The highest BCUT2D eigenvalue weighted by Crippen LogP contribution is 2.42. The molecule has 162 valence electrons. The highest BCUT2D eigenvalue weighted by atomic mass is 35.5. The number of aliphatic hydroxyl groups excluding tert-OH is 1. The number of rotatable bonds is 4. The first-order chi connectivity index (χ1) is 14.9. The predicted molar refractivity (Wildman–Crippen MR) is 125 cm³/mol. The molecule has 0 heterocycles. The molecule has 0 spiro atoms. The van der Waals surface area contributed by atoms with E-state index in [1.807, 2.05) is 19.2 Å². The van der Waals surface area contributed by atoms with Gasteiger partial charge in [-0.1, -0.05) is 83.9 Å². The fourth-order valence-corrected chi connectivity index (χ4v) is 4.25. The average molecular weight is 458 g/mol. The largest absolute Gasteiger partial charge is 0.479 e. The molecular formula is C25H25Cl2NO3. The van der Waals surface area contributed by atoms with E-state index in [1.165, 1.54) is 16.7 Å². The van der Waals surface area contributed by atoms with Gasteiger partial charge >= 0.3 is 5.97 Å². The predicted octanol–water partition coefficient (Wildman–Crippen LogP) is 5.98. The van der Waals surface area contributed by atoms with Crippen LogP contribution in [0.15, 0.2) is 72.8 Å². The van der Waals surface area contributed by atoms with Crippen LogP contribution < -0.4 is 5.32 Å². The number of aliphatic carboxylic acids is 1. The van der Waals surface area contributed by atoms with Crippen molar-refractivity contribution in [2.45, 2.75) is 30.9 Å². The zero-order valence-electron chi connectivity index (χ0n) is 17.1. The lowest BCUT2D eigenvalue weighted by molar-refractivity contribution is -0.146. The zero-order valence-corrected chi connectivity index (χ0v) is 18.6. The van der Waals surface area contributed by atoms with Gasteiger partial charge in [-0.25, -0.2) is 4.79 Å². The van der Waals surface area contributed by atoms with E-state index in [2.05, 4.69) is 35.6 Å². The molecule has 0 radical (unpaired) electrons. The van der Waals surface area contributed by atoms with E-state index in [0.717, 1.165) is 12.8 Å². The summed E-state index contributed by atoms with van der Waals surface area (Å²) in [6, 6.07) is 23.4. The van der Waals surface area contributed by atoms with Crippen LogP contribution in [0.5, 0.6) is 0 Å². The molecule has 4 rings (SSSR count). The highest BCUT2D eigenvalue weighted by Gasteiger charge is 2.27. The molecule has 0 aromatic heterocycles. The molecule has 3 aromatic rings. The van der Waals surface area contributed by atoms with Gasteiger partial charge in [0, 0.05) is 12.0 Å². The van der Waals surface area contributed by atoms with Crippen LogP contribution in [0, 0.1) is 0 Å². The topological polar surface area (TPSA) is 69.6 Å². The molecule has 0 fully saturated rings. The van der Waals surface area contributed by atoms with Crippen LogP contribution in [-0.4, -0.2) is 23.2 Å². The van der Waals surface area contributed by atoms with Crippen LogP contribution in [0.3, 0.4) is 0 Å². The molecule has 1 aliphatic rings. The van der Waals surface area contributed by atoms with Crippen LogP contribution in [-0.2, 0) is 4.79 Å². The van der Waals surface area contributed by atoms with Gasteiger partial charge in [0.15, 0.2) is 6.10 Å². The summed E-state index contributed by atoms with van der Waals surface area (Å²) in [5.74, 6) is -0.818. The lowest BCUT2D eigenvalue weighted by Crippen LogP contribution is -2.24. The van der Waals surface area contributed by atoms with E-state index in [4.69, 9.17) is 33.4 Å². The fraction of sp³-hybridized carbons (Fsp3) is 0.240. The number of carboxylic acids is 1. The number of fused-ring (bicyclic) bond motifs is 1. The van der Waals surface area contributed by atoms with Gasteiger partial charge in [0.25, 0.3) is 0 Å². The third kappa shape index (κ3) is 5.66. The van der Waals surface area contributed by atoms with Gasteiger partial charge in [-0.2, -0.15) is 0 Å². The molecule has 6 heteroatoms. The Morgan fingerprint density at radius 2 is 1.58 bits per heavy atom. The molecule has 31 heavy (non-hydrogen) atoms. The zero-order chi connectivity index (χ0) is 22.4. The third-order valence-corrected chi connectivity index (χ3v) is 6.27. The van der Waals surface area contributed by atoms with Gasteiger partial charge in [-0.05, 0) is 54.3 Å². The Kier molecular flexibility index (Phi) is 8.10. The number of halogens is 2. The number of nitrogens with one attached hydrogen (secondary N) is 1. The Morgan fingerprint density at radius 1 is 0.935 bits per heavy atom. The SMILES string of the molecule is CN[C@H]1CCC(c2ccc(Cl)c(Cl)c2)c2ccccc21.O=C(O)C(O)c1ccccc1. The molecule has 2 unspecified atom stereocenters. The molecule has 0 saturated heterocycles. The highest BCUT2D eigenvalue weighted by molar-refractivity contribution is 6.42. The summed E-state index contributed by atoms with van der Waals surface area (Å²) < 4.78 is 0. The van der Waals surface area contributed by atoms with Crippen molar-refractivity contribution in [2.24, 2.45) is 0 Å². The molecule has 0 aliphatic heterocycles. The average Bonchev–Trinajstić information content (AvgIpc) is 2.80. The van der Waals surface area contributed by atoms with E-state index in [-0.39, 0.29) is 0 Å². The second kappa shape index (κ2) is 10.8. The van der Waals surface area contributed by atoms with Crippen molar-refractivity contribution in [2.75, 3.05) is 7.05 Å². The molecule has 3 atom stereocenters. The molecule has 0 bridgehead atoms. The summed E-state index contributed by atoms with van der Waals surface area (Å²) >= 11 is 12.2. The number of carbonyl (C=O) groups is 1. The second-order valence-electron chi connectivity index (χ2n) is 7.43. The Hall–Kier alpha value is -2.37. The molecule has 4 nitrogen and oxygen atoms in total. The summed E-state index contributed by atoms with van der Waals surface area (Å²) in [6.45, 7) is 0. The summed E-state index contributed by atoms with van der Waals surface area (Å²) in [4.78, 5) is 10.2. The molecule has 3 aromatic carbocycles. The Morgan fingerprint density at radius 3 is 2.19 bits per heavy atom. The summed E-state index contributed by atoms with van der Waals surface area (Å²) in [5.41, 5.74) is 4.45. The van der Waals surface area contributed by atoms with Crippen molar-refractivity contribution in [3.05, 3.63) is 105 Å². The summed E-state index contributed by atoms with van der Waals surface area (Å²) in [5, 5.41) is 22.0. The number of carboxylic acid groups (broad SMARTS) is 1. The standard InChI is InChI=1S/C17H17Cl2N.C8H8O3/c1-20-17-9-7-12(13-4-2-3-5-14(13)17)11-6-8-15(18)16(19)10-11;9-7(8(10)11)6-4-2-1-3-5-6/h2-6,8,10,12,17,20H,7,9H2,1H3;1-5,7,9H,(H,10,11)/t12?,17-;/m0./s1. The monoisotopic (exact) mass is 457 g/mol. The molecule has 1 aliphatic carbocycles. The minimum Gasteiger partial charge on any atom is -0.479 e. The van der Waals surface area contributed by atoms with Crippen molar-refractivity contribution in [3.8, 4) is 0 Å². The minimum atomic E-state index is -1.41. The van der Waals surface area contributed by atoms with Crippen molar-refractivity contribution in [3.63, 3.8) is 0 Å². The van der Waals surface area contributed by atoms with Gasteiger partial charge in [-0.15, -0.1) is 0 Å². The molecule has 3 N–H and O–H groups in total. The Labute approximate surface area is 192 Å². The summed E-state index contributed by atoms with van der Waals surface area (Å²) in [7, 11) is 2.03. The molecule has 0 amide bonds. The van der Waals surface area contributed by atoms with Crippen molar-refractivity contribution in [1.82, 2.24) is 5.32 Å². The van der Waals surface area contributed by atoms with Crippen molar-refractivity contribution < 1.29 is 15.0 Å². The van der Waals surface area contributed by atoms with Crippen LogP contribution in [0.25, 0.3) is 0 Å². The number of benzene rings is 3. The Bertz CT molecular complexity index is 1030. The third-order valence-electron chi connectivity index (χ3n) is 5.53. The number of aliphatic hydroxyl groups is 1. The number of hydrogen-bond acceptors (Lipinski definition) is 3. The quantitative estimate of drug-likeness (QED) is 0.450. The van der Waals surface area contributed by atoms with Gasteiger partial charge < -0.3 is 15.5 Å². The molecular weight excluding hydrogens is 433 g/mol. The normalized spacial score (nSPS) is 18.3. The maximum Gasteiger partial charge on any atom is 0.337 e. The maximum absolute atomic E-state index is 10.2. The maximum atomic E-state index is 10.2. The van der Waals surface area contributed by atoms with Crippen LogP contribution in [0.1, 0.15) is 53.2 Å². The summed E-state index contributed by atoms with van der Waals surface area (Å²) in [6.07, 6.45) is 0.857. The van der Waals surface area contributed by atoms with E-state index in [1.54, 1.807) is 30.3 Å². The Balaban J connectivity index is 0.000000210. The van der Waals surface area contributed by atoms with Gasteiger partial charge in [0.1, 0.15) is 0 Å². The first-order valence-electron chi connectivity index (χ1n) is 10.1. The van der Waals surface area contributed by atoms with Crippen LogP contribution in [0.4, 0.5) is 0 Å². The van der Waals surface area contributed by atoms with Gasteiger partial charge in [-0.3, -0.25) is 0 Å². The van der Waals surface area contributed by atoms with Gasteiger partial charge in [0.05, 0.1) is 10.0 Å². The smallest absolute Gasteiger partial charge is 0.337 e. The lowest BCUT2D eigenvalue weighted by atomic mass is 9.77. The van der Waals surface area contributed by atoms with Crippen LogP contribution >= 0.6 is 23.2 Å². The second-order valence-corrected chi connectivity index (χ2v) is 8.24. The van der Waals surface area contributed by atoms with Crippen molar-refractivity contribution in [1.29, 1.82) is 0 Å².